The molecule has 0 unspecified atom stereocenters. The first-order valence-electron chi connectivity index (χ1n) is 5.86. The van der Waals surface area contributed by atoms with Gasteiger partial charge in [-0.05, 0) is 18.9 Å². The van der Waals surface area contributed by atoms with Crippen molar-refractivity contribution in [3.05, 3.63) is 34.1 Å². The second-order valence-electron chi connectivity index (χ2n) is 4.73. The molecule has 0 aromatic heterocycles. The highest BCUT2D eigenvalue weighted by Gasteiger charge is 2.30. The third-order valence-electron chi connectivity index (χ3n) is 3.24. The van der Waals surface area contributed by atoms with Crippen LogP contribution in [0.2, 0.25) is 0 Å². The third-order valence-corrected chi connectivity index (χ3v) is 3.24. The predicted octanol–water partition coefficient (Wildman–Crippen LogP) is 2.38. The van der Waals surface area contributed by atoms with Gasteiger partial charge in [-0.15, -0.1) is 0 Å². The summed E-state index contributed by atoms with van der Waals surface area (Å²) < 4.78 is 18.9. The van der Waals surface area contributed by atoms with E-state index in [1.807, 2.05) is 0 Å². The van der Waals surface area contributed by atoms with Crippen LogP contribution in [-0.4, -0.2) is 17.1 Å². The van der Waals surface area contributed by atoms with Crippen LogP contribution in [0.3, 0.4) is 0 Å². The summed E-state index contributed by atoms with van der Waals surface area (Å²) in [6, 6.07) is 3.34. The van der Waals surface area contributed by atoms with Crippen molar-refractivity contribution in [1.29, 1.82) is 0 Å². The molecule has 1 aliphatic rings. The van der Waals surface area contributed by atoms with E-state index in [1.54, 1.807) is 0 Å². The molecule has 0 atom stereocenters. The van der Waals surface area contributed by atoms with Crippen molar-refractivity contribution < 1.29 is 14.1 Å². The van der Waals surface area contributed by atoms with Gasteiger partial charge in [0.05, 0.1) is 16.5 Å². The van der Waals surface area contributed by atoms with E-state index in [-0.39, 0.29) is 18.0 Å². The van der Waals surface area contributed by atoms with Crippen molar-refractivity contribution in [1.82, 2.24) is 0 Å². The standard InChI is InChI=1S/C12H15FN2O3/c13-10-7-9(15(16)17)3-4-11(10)18-8-12(14)5-1-2-6-12/h3-4,7H,1-2,5-6,8,14H2. The van der Waals surface area contributed by atoms with Crippen molar-refractivity contribution in [3.8, 4) is 5.75 Å². The molecule has 0 radical (unpaired) electrons. The zero-order chi connectivity index (χ0) is 13.2. The monoisotopic (exact) mass is 254 g/mol. The van der Waals surface area contributed by atoms with Crippen molar-refractivity contribution >= 4 is 5.69 Å². The fraction of sp³-hybridized carbons (Fsp3) is 0.500. The molecular weight excluding hydrogens is 239 g/mol. The maximum Gasteiger partial charge on any atom is 0.272 e. The lowest BCUT2D eigenvalue weighted by Gasteiger charge is -2.23. The van der Waals surface area contributed by atoms with Crippen LogP contribution in [0.4, 0.5) is 10.1 Å². The molecule has 1 aliphatic carbocycles. The zero-order valence-electron chi connectivity index (χ0n) is 9.89. The summed E-state index contributed by atoms with van der Waals surface area (Å²) in [4.78, 5) is 9.82. The van der Waals surface area contributed by atoms with Gasteiger partial charge in [0.1, 0.15) is 6.61 Å². The Morgan fingerprint density at radius 2 is 2.11 bits per heavy atom. The molecule has 2 rings (SSSR count). The second kappa shape index (κ2) is 4.89. The highest BCUT2D eigenvalue weighted by atomic mass is 19.1. The van der Waals surface area contributed by atoms with Crippen LogP contribution in [-0.2, 0) is 0 Å². The second-order valence-corrected chi connectivity index (χ2v) is 4.73. The number of nitrogens with two attached hydrogens (primary N) is 1. The Morgan fingerprint density at radius 3 is 2.67 bits per heavy atom. The number of rotatable bonds is 4. The van der Waals surface area contributed by atoms with Crippen LogP contribution >= 0.6 is 0 Å². The summed E-state index contributed by atoms with van der Waals surface area (Å²) in [7, 11) is 0. The van der Waals surface area contributed by atoms with Crippen LogP contribution in [0.5, 0.6) is 5.75 Å². The zero-order valence-corrected chi connectivity index (χ0v) is 9.89. The lowest BCUT2D eigenvalue weighted by atomic mass is 10.0. The van der Waals surface area contributed by atoms with Gasteiger partial charge in [-0.1, -0.05) is 12.8 Å². The fourth-order valence-corrected chi connectivity index (χ4v) is 2.17. The number of halogens is 1. The van der Waals surface area contributed by atoms with Gasteiger partial charge >= 0.3 is 0 Å². The van der Waals surface area contributed by atoms with Crippen molar-refractivity contribution in [3.63, 3.8) is 0 Å². The smallest absolute Gasteiger partial charge is 0.272 e. The van der Waals surface area contributed by atoms with E-state index in [1.165, 1.54) is 12.1 Å². The lowest BCUT2D eigenvalue weighted by molar-refractivity contribution is -0.385. The van der Waals surface area contributed by atoms with Gasteiger partial charge in [0.2, 0.25) is 0 Å². The first-order chi connectivity index (χ1) is 8.50. The van der Waals surface area contributed by atoms with Crippen LogP contribution < -0.4 is 10.5 Å². The molecule has 0 amide bonds. The number of nitro benzene ring substituents is 1. The first kappa shape index (κ1) is 12.8. The van der Waals surface area contributed by atoms with Crippen molar-refractivity contribution in [2.45, 2.75) is 31.2 Å². The normalized spacial score (nSPS) is 17.7. The van der Waals surface area contributed by atoms with Crippen molar-refractivity contribution in [2.75, 3.05) is 6.61 Å². The molecule has 6 heteroatoms. The molecule has 1 aromatic carbocycles. The SMILES string of the molecule is NC1(COc2ccc([N+](=O)[O-])cc2F)CCCC1. The number of non-ortho nitro benzene ring substituents is 1. The highest BCUT2D eigenvalue weighted by Crippen LogP contribution is 2.29. The third kappa shape index (κ3) is 2.76. The minimum absolute atomic E-state index is 0.0114. The van der Waals surface area contributed by atoms with E-state index in [9.17, 15) is 14.5 Å². The van der Waals surface area contributed by atoms with E-state index in [4.69, 9.17) is 10.5 Å². The Balaban J connectivity index is 2.03. The number of hydrogen-bond acceptors (Lipinski definition) is 4. The summed E-state index contributed by atoms with van der Waals surface area (Å²) in [6.07, 6.45) is 3.84. The van der Waals surface area contributed by atoms with E-state index in [2.05, 4.69) is 0 Å². The summed E-state index contributed by atoms with van der Waals surface area (Å²) in [6.45, 7) is 0.238. The topological polar surface area (TPSA) is 78.4 Å². The first-order valence-corrected chi connectivity index (χ1v) is 5.86. The van der Waals surface area contributed by atoms with Crippen LogP contribution in [0, 0.1) is 15.9 Å². The lowest BCUT2D eigenvalue weighted by Crippen LogP contribution is -2.42. The molecule has 1 fully saturated rings. The molecular formula is C12H15FN2O3. The van der Waals surface area contributed by atoms with Gasteiger partial charge in [0.25, 0.3) is 5.69 Å². The average molecular weight is 254 g/mol. The van der Waals surface area contributed by atoms with Crippen LogP contribution in [0.1, 0.15) is 25.7 Å². The van der Waals surface area contributed by atoms with Crippen LogP contribution in [0.15, 0.2) is 18.2 Å². The Labute approximate surface area is 104 Å². The number of nitrogens with zero attached hydrogens (tertiary/aromatic N) is 1. The molecule has 1 saturated carbocycles. The van der Waals surface area contributed by atoms with E-state index in [0.29, 0.717) is 0 Å². The molecule has 1 aromatic rings. The molecule has 98 valence electrons. The van der Waals surface area contributed by atoms with Gasteiger partial charge in [0, 0.05) is 6.07 Å². The fourth-order valence-electron chi connectivity index (χ4n) is 2.17. The van der Waals surface area contributed by atoms with E-state index in [0.717, 1.165) is 31.7 Å². The summed E-state index contributed by atoms with van der Waals surface area (Å²) in [5, 5.41) is 10.5. The largest absolute Gasteiger partial charge is 0.489 e. The Bertz CT molecular complexity index is 459. The number of ether oxygens (including phenoxy) is 1. The number of hydrogen-bond donors (Lipinski definition) is 1. The molecule has 5 nitrogen and oxygen atoms in total. The van der Waals surface area contributed by atoms with Crippen LogP contribution in [0.25, 0.3) is 0 Å². The maximum atomic E-state index is 13.5. The summed E-state index contributed by atoms with van der Waals surface area (Å²) in [5.41, 5.74) is 5.40. The Morgan fingerprint density at radius 1 is 1.44 bits per heavy atom. The van der Waals surface area contributed by atoms with E-state index >= 15 is 0 Å². The Kier molecular flexibility index (Phi) is 3.47. The molecule has 0 aliphatic heterocycles. The Hall–Kier alpha value is -1.69. The van der Waals surface area contributed by atoms with Gasteiger partial charge in [0.15, 0.2) is 11.6 Å². The van der Waals surface area contributed by atoms with Gasteiger partial charge in [-0.2, -0.15) is 0 Å². The number of nitro groups is 1. The predicted molar refractivity (Wildman–Crippen MR) is 63.9 cm³/mol. The molecule has 0 heterocycles. The summed E-state index contributed by atoms with van der Waals surface area (Å²) >= 11 is 0. The summed E-state index contributed by atoms with van der Waals surface area (Å²) in [5.74, 6) is -0.719. The molecule has 18 heavy (non-hydrogen) atoms. The number of benzene rings is 1. The van der Waals surface area contributed by atoms with Crippen molar-refractivity contribution in [2.24, 2.45) is 5.73 Å². The van der Waals surface area contributed by atoms with Gasteiger partial charge in [-0.3, -0.25) is 10.1 Å². The highest BCUT2D eigenvalue weighted by molar-refractivity contribution is 5.37. The van der Waals surface area contributed by atoms with E-state index < -0.39 is 16.3 Å². The molecule has 0 saturated heterocycles. The quantitative estimate of drug-likeness (QED) is 0.661. The minimum Gasteiger partial charge on any atom is -0.489 e. The average Bonchev–Trinajstić information content (AvgIpc) is 2.75. The maximum absolute atomic E-state index is 13.5. The minimum atomic E-state index is -0.731. The molecule has 0 bridgehead atoms. The van der Waals surface area contributed by atoms with Gasteiger partial charge < -0.3 is 10.5 Å². The van der Waals surface area contributed by atoms with Gasteiger partial charge in [-0.25, -0.2) is 4.39 Å². The molecule has 0 spiro atoms. The molecule has 2 N–H and O–H groups in total.